The van der Waals surface area contributed by atoms with Crippen molar-refractivity contribution in [1.82, 2.24) is 0 Å². The minimum atomic E-state index is 0.510. The van der Waals surface area contributed by atoms with Gasteiger partial charge in [-0.15, -0.1) is 0 Å². The number of benzene rings is 10. The Morgan fingerprint density at radius 2 is 0.917 bits per heavy atom. The highest BCUT2D eigenvalue weighted by Crippen LogP contribution is 2.41. The van der Waals surface area contributed by atoms with E-state index in [4.69, 9.17) is 0 Å². The number of allylic oxidation sites excluding steroid dienone is 4. The van der Waals surface area contributed by atoms with Crippen LogP contribution in [0.15, 0.2) is 261 Å². The van der Waals surface area contributed by atoms with Crippen molar-refractivity contribution in [2.24, 2.45) is 0 Å². The molecule has 72 heavy (non-hydrogen) atoms. The van der Waals surface area contributed by atoms with Crippen molar-refractivity contribution in [3.8, 4) is 33.4 Å². The minimum absolute atomic E-state index is 0.510. The van der Waals surface area contributed by atoms with Crippen molar-refractivity contribution in [3.05, 3.63) is 283 Å². The normalized spacial score (nSPS) is 12.6. The van der Waals surface area contributed by atoms with Gasteiger partial charge in [0.25, 0.3) is 0 Å². The van der Waals surface area contributed by atoms with Crippen molar-refractivity contribution in [2.75, 3.05) is 9.80 Å². The predicted molar refractivity (Wildman–Crippen MR) is 317 cm³/mol. The first-order valence-corrected chi connectivity index (χ1v) is 26.6. The Kier molecular flexibility index (Phi) is 14.1. The van der Waals surface area contributed by atoms with Gasteiger partial charge in [-0.25, -0.2) is 0 Å². The summed E-state index contributed by atoms with van der Waals surface area (Å²) in [6, 6.07) is 89.3. The van der Waals surface area contributed by atoms with Gasteiger partial charge < -0.3 is 9.80 Å². The van der Waals surface area contributed by atoms with Crippen LogP contribution in [0.4, 0.5) is 34.1 Å². The average Bonchev–Trinajstić information content (AvgIpc) is 3.45. The van der Waals surface area contributed by atoms with Crippen LogP contribution in [-0.4, -0.2) is 0 Å². The summed E-state index contributed by atoms with van der Waals surface area (Å²) >= 11 is 2.60. The maximum absolute atomic E-state index is 2.60. The summed E-state index contributed by atoms with van der Waals surface area (Å²) in [6.07, 6.45) is 12.2. The van der Waals surface area contributed by atoms with E-state index in [1.807, 2.05) is 0 Å². The first kappa shape index (κ1) is 46.6. The number of halogens is 1. The van der Waals surface area contributed by atoms with Crippen LogP contribution in [0.5, 0.6) is 0 Å². The molecule has 0 amide bonds. The molecule has 1 unspecified atom stereocenters. The standard InChI is InChI=1S/C69H57IN2/c1-2-15-69(70)60-25-13-24-59(49-60)56-34-42-63(43-35-56)71(61-38-30-54(31-39-61)52-18-5-3-6-19-52)65-26-11-16-50(47-65)46-51-17-12-27-66(48-51)72(62-40-32-55(33-41-62)53-20-7-4-8-21-53)64-44-36-58(37-45-64)68-29-14-23-57-22-9-10-28-67(57)68/h4-5,7-14,16-45,47-49,69H,2-3,6,15,46H2,1H3. The molecule has 2 nitrogen and oxygen atoms in total. The second-order valence-corrected chi connectivity index (χ2v) is 20.3. The predicted octanol–water partition coefficient (Wildman–Crippen LogP) is 20.4. The number of rotatable bonds is 15. The quantitative estimate of drug-likeness (QED) is 0.0746. The lowest BCUT2D eigenvalue weighted by Crippen LogP contribution is -2.11. The molecule has 0 radical (unpaired) electrons. The number of fused-ring (bicyclic) bond motifs is 1. The SMILES string of the molecule is CCCC(I)c1cccc(-c2ccc(N(c3ccc(C4=CCCC=C4)cc3)c3cccc(Cc4cccc(N(c5ccc(-c6ccccc6)cc5)c5ccc(-c6cccc7ccccc67)cc5)c4)c3)cc2)c1. The highest BCUT2D eigenvalue weighted by atomic mass is 127. The third kappa shape index (κ3) is 10.4. The number of nitrogens with zero attached hydrogens (tertiary/aromatic N) is 2. The fraction of sp³-hybridized carbons (Fsp3) is 0.101. The molecule has 3 heteroatoms. The molecular formula is C69H57IN2. The van der Waals surface area contributed by atoms with E-state index in [9.17, 15) is 0 Å². The summed E-state index contributed by atoms with van der Waals surface area (Å²) in [7, 11) is 0. The first-order valence-electron chi connectivity index (χ1n) is 25.4. The van der Waals surface area contributed by atoms with Gasteiger partial charge in [-0.1, -0.05) is 224 Å². The van der Waals surface area contributed by atoms with Crippen LogP contribution in [0.3, 0.4) is 0 Å². The van der Waals surface area contributed by atoms with Gasteiger partial charge in [-0.2, -0.15) is 0 Å². The zero-order chi connectivity index (χ0) is 48.6. The van der Waals surface area contributed by atoms with Gasteiger partial charge in [0.2, 0.25) is 0 Å². The lowest BCUT2D eigenvalue weighted by Gasteiger charge is -2.27. The van der Waals surface area contributed by atoms with E-state index in [0.717, 1.165) is 53.4 Å². The Morgan fingerprint density at radius 1 is 0.417 bits per heavy atom. The molecule has 10 aromatic carbocycles. The maximum atomic E-state index is 2.60. The molecule has 1 atom stereocenters. The van der Waals surface area contributed by atoms with Crippen molar-refractivity contribution in [3.63, 3.8) is 0 Å². The summed E-state index contributed by atoms with van der Waals surface area (Å²) < 4.78 is 0.510. The molecule has 1 aliphatic carbocycles. The van der Waals surface area contributed by atoms with E-state index in [2.05, 4.69) is 300 Å². The van der Waals surface area contributed by atoms with Gasteiger partial charge >= 0.3 is 0 Å². The second-order valence-electron chi connectivity index (χ2n) is 18.8. The molecule has 0 aliphatic heterocycles. The number of alkyl halides is 1. The summed E-state index contributed by atoms with van der Waals surface area (Å²) in [6.45, 7) is 2.26. The van der Waals surface area contributed by atoms with E-state index in [0.29, 0.717) is 3.92 Å². The third-order valence-corrected chi connectivity index (χ3v) is 15.2. The lowest BCUT2D eigenvalue weighted by atomic mass is 9.98. The molecule has 0 fully saturated rings. The van der Waals surface area contributed by atoms with Crippen LogP contribution in [0.2, 0.25) is 0 Å². The Balaban J connectivity index is 0.925. The van der Waals surface area contributed by atoms with E-state index >= 15 is 0 Å². The zero-order valence-corrected chi connectivity index (χ0v) is 42.9. The summed E-state index contributed by atoms with van der Waals surface area (Å²) in [5, 5.41) is 2.51. The molecule has 0 heterocycles. The van der Waals surface area contributed by atoms with E-state index in [-0.39, 0.29) is 0 Å². The topological polar surface area (TPSA) is 6.48 Å². The molecule has 0 saturated carbocycles. The van der Waals surface area contributed by atoms with Crippen LogP contribution in [-0.2, 0) is 6.42 Å². The Bertz CT molecular complexity index is 3490. The molecule has 0 spiro atoms. The highest BCUT2D eigenvalue weighted by molar-refractivity contribution is 14.1. The molecule has 350 valence electrons. The van der Waals surface area contributed by atoms with Gasteiger partial charge in [0.05, 0.1) is 0 Å². The lowest BCUT2D eigenvalue weighted by molar-refractivity contribution is 0.799. The van der Waals surface area contributed by atoms with E-state index < -0.39 is 0 Å². The number of anilines is 6. The number of hydrogen-bond donors (Lipinski definition) is 0. The van der Waals surface area contributed by atoms with Gasteiger partial charge in [0.15, 0.2) is 0 Å². The minimum Gasteiger partial charge on any atom is -0.310 e. The zero-order valence-electron chi connectivity index (χ0n) is 40.7. The van der Waals surface area contributed by atoms with Crippen LogP contribution in [0.1, 0.15) is 58.8 Å². The van der Waals surface area contributed by atoms with E-state index in [1.54, 1.807) is 0 Å². The third-order valence-electron chi connectivity index (χ3n) is 13.9. The molecule has 0 bridgehead atoms. The van der Waals surface area contributed by atoms with Crippen molar-refractivity contribution in [2.45, 2.75) is 43.0 Å². The summed E-state index contributed by atoms with van der Waals surface area (Å²) in [5.41, 5.74) is 20.4. The first-order chi connectivity index (χ1) is 35.5. The van der Waals surface area contributed by atoms with Gasteiger partial charge in [-0.05, 0) is 170 Å². The summed E-state index contributed by atoms with van der Waals surface area (Å²) in [5.74, 6) is 0. The summed E-state index contributed by atoms with van der Waals surface area (Å²) in [4.78, 5) is 4.79. The van der Waals surface area contributed by atoms with Gasteiger partial charge in [-0.3, -0.25) is 0 Å². The Labute approximate surface area is 439 Å². The molecular weight excluding hydrogens is 984 g/mol. The maximum Gasteiger partial charge on any atom is 0.0464 e. The van der Waals surface area contributed by atoms with Crippen LogP contribution < -0.4 is 9.80 Å². The van der Waals surface area contributed by atoms with Crippen LogP contribution in [0, 0.1) is 0 Å². The van der Waals surface area contributed by atoms with Crippen LogP contribution in [0.25, 0.3) is 49.7 Å². The Hall–Kier alpha value is -7.73. The fourth-order valence-electron chi connectivity index (χ4n) is 10.2. The number of hydrogen-bond acceptors (Lipinski definition) is 2. The molecule has 0 aromatic heterocycles. The smallest absolute Gasteiger partial charge is 0.0464 e. The molecule has 10 aromatic rings. The van der Waals surface area contributed by atoms with Gasteiger partial charge in [0.1, 0.15) is 0 Å². The average molecular weight is 1040 g/mol. The molecule has 11 rings (SSSR count). The monoisotopic (exact) mass is 1040 g/mol. The van der Waals surface area contributed by atoms with Gasteiger partial charge in [0, 0.05) is 38.0 Å². The Morgan fingerprint density at radius 3 is 1.51 bits per heavy atom. The molecule has 1 aliphatic rings. The molecule has 0 N–H and O–H groups in total. The molecule has 0 saturated heterocycles. The largest absolute Gasteiger partial charge is 0.310 e. The van der Waals surface area contributed by atoms with Crippen LogP contribution >= 0.6 is 22.6 Å². The highest BCUT2D eigenvalue weighted by Gasteiger charge is 2.18. The fourth-order valence-corrected chi connectivity index (χ4v) is 11.2. The second kappa shape index (κ2) is 21.7. The van der Waals surface area contributed by atoms with Crippen molar-refractivity contribution >= 4 is 73.1 Å². The van der Waals surface area contributed by atoms with E-state index in [1.165, 1.54) is 84.8 Å². The van der Waals surface area contributed by atoms with Crippen molar-refractivity contribution in [1.29, 1.82) is 0 Å². The van der Waals surface area contributed by atoms with Crippen molar-refractivity contribution < 1.29 is 0 Å².